The van der Waals surface area contributed by atoms with Crippen LogP contribution in [0.2, 0.25) is 19.6 Å². The third-order valence-corrected chi connectivity index (χ3v) is 5.88. The van der Waals surface area contributed by atoms with E-state index >= 15 is 0 Å². The van der Waals surface area contributed by atoms with E-state index in [-0.39, 0.29) is 0 Å². The van der Waals surface area contributed by atoms with E-state index in [1.165, 1.54) is 24.8 Å². The summed E-state index contributed by atoms with van der Waals surface area (Å²) in [6.07, 6.45) is 2.95. The van der Waals surface area contributed by atoms with E-state index in [1.807, 2.05) is 6.92 Å². The van der Waals surface area contributed by atoms with Crippen molar-refractivity contribution >= 4 is 14.3 Å². The molecule has 0 saturated carbocycles. The molecule has 6 heteroatoms. The van der Waals surface area contributed by atoms with Gasteiger partial charge in [-0.25, -0.2) is 9.97 Å². The number of anilines is 1. The quantitative estimate of drug-likeness (QED) is 0.655. The van der Waals surface area contributed by atoms with Gasteiger partial charge in [-0.3, -0.25) is 0 Å². The molecule has 1 unspecified atom stereocenters. The van der Waals surface area contributed by atoms with E-state index in [2.05, 4.69) is 61.8 Å². The van der Waals surface area contributed by atoms with Gasteiger partial charge in [0.1, 0.15) is 0 Å². The average molecular weight is 395 g/mol. The summed E-state index contributed by atoms with van der Waals surface area (Å²) in [7, 11) is -1.91. The number of aromatic nitrogens is 2. The van der Waals surface area contributed by atoms with Gasteiger partial charge in [-0.05, 0) is 52.8 Å². The lowest BCUT2D eigenvalue weighted by atomic mass is 10.00. The molecule has 0 bridgehead atoms. The predicted octanol–water partition coefficient (Wildman–Crippen LogP) is 5.17. The maximum atomic E-state index is 9.88. The van der Waals surface area contributed by atoms with Crippen LogP contribution in [0, 0.1) is 25.2 Å². The highest BCUT2D eigenvalue weighted by Crippen LogP contribution is 2.34. The standard InChI is InChI=1S/C22H30N4OSi/c1-16-9-11-18(12-10-16)21-20(19(15-23)27-28(3,4)5)17(2)24-22(25-21)26-13-7-6-8-14-26/h9-12,19H,6-8,13-14H2,1-5H3. The van der Waals surface area contributed by atoms with E-state index in [0.29, 0.717) is 0 Å². The summed E-state index contributed by atoms with van der Waals surface area (Å²) in [6.45, 7) is 12.3. The zero-order valence-electron chi connectivity index (χ0n) is 17.6. The highest BCUT2D eigenvalue weighted by atomic mass is 28.4. The fourth-order valence-corrected chi connectivity index (χ4v) is 4.43. The number of aryl methyl sites for hydroxylation is 2. The molecule has 148 valence electrons. The highest BCUT2D eigenvalue weighted by molar-refractivity contribution is 6.69. The zero-order valence-corrected chi connectivity index (χ0v) is 18.6. The molecule has 0 aliphatic carbocycles. The average Bonchev–Trinajstić information content (AvgIpc) is 2.66. The molecule has 0 radical (unpaired) electrons. The van der Waals surface area contributed by atoms with E-state index in [4.69, 9.17) is 14.4 Å². The predicted molar refractivity (Wildman–Crippen MR) is 116 cm³/mol. The minimum Gasteiger partial charge on any atom is -0.399 e. The molecule has 1 atom stereocenters. The number of hydrogen-bond acceptors (Lipinski definition) is 5. The molecule has 1 fully saturated rings. The van der Waals surface area contributed by atoms with Crippen LogP contribution < -0.4 is 4.90 Å². The Labute approximate surface area is 169 Å². The second kappa shape index (κ2) is 8.42. The summed E-state index contributed by atoms with van der Waals surface area (Å²) in [5, 5.41) is 9.88. The summed E-state index contributed by atoms with van der Waals surface area (Å²) in [4.78, 5) is 12.0. The molecule has 1 aromatic heterocycles. The third kappa shape index (κ3) is 4.78. The summed E-state index contributed by atoms with van der Waals surface area (Å²) >= 11 is 0. The maximum absolute atomic E-state index is 9.88. The minimum atomic E-state index is -1.91. The van der Waals surface area contributed by atoms with E-state index < -0.39 is 14.4 Å². The van der Waals surface area contributed by atoms with E-state index in [0.717, 1.165) is 41.6 Å². The Balaban J connectivity index is 2.14. The van der Waals surface area contributed by atoms with Crippen LogP contribution in [-0.4, -0.2) is 31.4 Å². The van der Waals surface area contributed by atoms with Crippen LogP contribution in [0.3, 0.4) is 0 Å². The summed E-state index contributed by atoms with van der Waals surface area (Å²) in [5.74, 6) is 0.765. The first-order valence-corrected chi connectivity index (χ1v) is 13.5. The van der Waals surface area contributed by atoms with Gasteiger partial charge in [0, 0.05) is 24.2 Å². The monoisotopic (exact) mass is 394 g/mol. The number of piperidine rings is 1. The molecule has 0 spiro atoms. The van der Waals surface area contributed by atoms with Gasteiger partial charge in [0.05, 0.1) is 17.5 Å². The first-order valence-electron chi connectivity index (χ1n) is 10.1. The van der Waals surface area contributed by atoms with Crippen LogP contribution in [0.15, 0.2) is 24.3 Å². The van der Waals surface area contributed by atoms with Crippen molar-refractivity contribution in [3.63, 3.8) is 0 Å². The number of benzene rings is 1. The Bertz CT molecular complexity index is 862. The largest absolute Gasteiger partial charge is 0.399 e. The van der Waals surface area contributed by atoms with Crippen LogP contribution >= 0.6 is 0 Å². The summed E-state index contributed by atoms with van der Waals surface area (Å²) in [6, 6.07) is 10.7. The van der Waals surface area contributed by atoms with Crippen LogP contribution in [0.5, 0.6) is 0 Å². The van der Waals surface area contributed by atoms with Gasteiger partial charge in [-0.2, -0.15) is 5.26 Å². The lowest BCUT2D eigenvalue weighted by Gasteiger charge is -2.29. The molecule has 1 aromatic carbocycles. The Hall–Kier alpha value is -2.23. The molecule has 0 amide bonds. The van der Waals surface area contributed by atoms with Crippen LogP contribution in [0.25, 0.3) is 11.3 Å². The van der Waals surface area contributed by atoms with Crippen molar-refractivity contribution in [3.8, 4) is 17.3 Å². The fraction of sp³-hybridized carbons (Fsp3) is 0.500. The van der Waals surface area contributed by atoms with Crippen molar-refractivity contribution < 1.29 is 4.43 Å². The van der Waals surface area contributed by atoms with Gasteiger partial charge in [-0.15, -0.1) is 0 Å². The molecular weight excluding hydrogens is 364 g/mol. The lowest BCUT2D eigenvalue weighted by molar-refractivity contribution is 0.254. The lowest BCUT2D eigenvalue weighted by Crippen LogP contribution is -2.32. The summed E-state index contributed by atoms with van der Waals surface area (Å²) in [5.41, 5.74) is 4.65. The normalized spacial score (nSPS) is 15.9. The molecule has 0 N–H and O–H groups in total. The molecular formula is C22H30N4OSi. The van der Waals surface area contributed by atoms with E-state index in [9.17, 15) is 5.26 Å². The molecule has 1 aliphatic rings. The number of rotatable bonds is 5. The summed E-state index contributed by atoms with van der Waals surface area (Å²) < 4.78 is 6.21. The van der Waals surface area contributed by atoms with Crippen molar-refractivity contribution in [1.29, 1.82) is 5.26 Å². The molecule has 5 nitrogen and oxygen atoms in total. The molecule has 3 rings (SSSR count). The molecule has 2 aromatic rings. The third-order valence-electron chi connectivity index (χ3n) is 4.94. The van der Waals surface area contributed by atoms with Crippen LogP contribution in [-0.2, 0) is 4.43 Å². The minimum absolute atomic E-state index is 0.654. The molecule has 2 heterocycles. The van der Waals surface area contributed by atoms with Gasteiger partial charge in [0.15, 0.2) is 14.4 Å². The van der Waals surface area contributed by atoms with Crippen LogP contribution in [0.1, 0.15) is 42.2 Å². The van der Waals surface area contributed by atoms with Crippen molar-refractivity contribution in [2.45, 2.75) is 58.9 Å². The van der Waals surface area contributed by atoms with Gasteiger partial charge < -0.3 is 9.33 Å². The van der Waals surface area contributed by atoms with Crippen molar-refractivity contribution in [3.05, 3.63) is 41.1 Å². The SMILES string of the molecule is Cc1ccc(-c2nc(N3CCCCC3)nc(C)c2C(C#N)O[Si](C)(C)C)cc1. The number of nitrogens with zero attached hydrogens (tertiary/aromatic N) is 4. The van der Waals surface area contributed by atoms with Gasteiger partial charge in [-0.1, -0.05) is 29.8 Å². The molecule has 1 aliphatic heterocycles. The topological polar surface area (TPSA) is 62.0 Å². The zero-order chi connectivity index (χ0) is 20.3. The number of hydrogen-bond donors (Lipinski definition) is 0. The first kappa shape index (κ1) is 20.5. The van der Waals surface area contributed by atoms with E-state index in [1.54, 1.807) is 0 Å². The second-order valence-corrected chi connectivity index (χ2v) is 13.0. The van der Waals surface area contributed by atoms with Gasteiger partial charge >= 0.3 is 0 Å². The second-order valence-electron chi connectivity index (χ2n) is 8.52. The van der Waals surface area contributed by atoms with Gasteiger partial charge in [0.2, 0.25) is 5.95 Å². The maximum Gasteiger partial charge on any atom is 0.226 e. The molecule has 1 saturated heterocycles. The van der Waals surface area contributed by atoms with Crippen molar-refractivity contribution in [2.75, 3.05) is 18.0 Å². The van der Waals surface area contributed by atoms with Crippen molar-refractivity contribution in [2.24, 2.45) is 0 Å². The fourth-order valence-electron chi connectivity index (χ4n) is 3.55. The number of nitriles is 1. The van der Waals surface area contributed by atoms with Crippen LogP contribution in [0.4, 0.5) is 5.95 Å². The van der Waals surface area contributed by atoms with Gasteiger partial charge in [0.25, 0.3) is 0 Å². The van der Waals surface area contributed by atoms with Crippen molar-refractivity contribution in [1.82, 2.24) is 9.97 Å². The Morgan fingerprint density at radius 2 is 1.68 bits per heavy atom. The first-order chi connectivity index (χ1) is 13.3. The Kier molecular flexibility index (Phi) is 6.16. The Morgan fingerprint density at radius 1 is 1.04 bits per heavy atom. The highest BCUT2D eigenvalue weighted by Gasteiger charge is 2.28. The smallest absolute Gasteiger partial charge is 0.226 e. The molecule has 28 heavy (non-hydrogen) atoms. The Morgan fingerprint density at radius 3 is 2.25 bits per heavy atom.